The predicted molar refractivity (Wildman–Crippen MR) is 223 cm³/mol. The van der Waals surface area contributed by atoms with Gasteiger partial charge in [0.2, 0.25) is 70.9 Å². The van der Waals surface area contributed by atoms with Crippen molar-refractivity contribution >= 4 is 70.9 Å². The van der Waals surface area contributed by atoms with E-state index in [1.807, 2.05) is 0 Å². The van der Waals surface area contributed by atoms with Gasteiger partial charge in [0, 0.05) is 19.3 Å². The molecule has 0 saturated carbocycles. The van der Waals surface area contributed by atoms with Gasteiger partial charge in [-0.2, -0.15) is 0 Å². The monoisotopic (exact) mass is 902 g/mol. The predicted octanol–water partition coefficient (Wildman–Crippen LogP) is -5.93. The highest BCUT2D eigenvalue weighted by atomic mass is 16.3. The molecule has 0 aliphatic carbocycles. The fraction of sp³-hybridized carbons (Fsp3) is 0.538. The van der Waals surface area contributed by atoms with Gasteiger partial charge in [0.05, 0.1) is 19.5 Å². The number of carbonyl (C=O) groups is 12. The van der Waals surface area contributed by atoms with E-state index in [1.54, 1.807) is 13.8 Å². The molecule has 1 heterocycles. The summed E-state index contributed by atoms with van der Waals surface area (Å²) in [5.41, 5.74) is 16.2. The second kappa shape index (κ2) is 25.6. The Bertz CT molecular complexity index is 1930. The number of hydrogen-bond donors (Lipinski definition) is 13. The van der Waals surface area contributed by atoms with E-state index in [4.69, 9.17) is 17.2 Å². The molecule has 25 heteroatoms. The number of nitrogens with one attached hydrogen (secondary N) is 9. The van der Waals surface area contributed by atoms with Crippen LogP contribution in [0.5, 0.6) is 5.75 Å². The first-order valence-corrected chi connectivity index (χ1v) is 20.3. The molecular formula is C39H58N12O13. The third-order valence-corrected chi connectivity index (χ3v) is 9.85. The van der Waals surface area contributed by atoms with Gasteiger partial charge >= 0.3 is 0 Å². The highest BCUT2D eigenvalue weighted by Gasteiger charge is 2.36. The molecule has 1 aliphatic rings. The average molecular weight is 903 g/mol. The third-order valence-electron chi connectivity index (χ3n) is 9.85. The molecule has 352 valence electrons. The van der Waals surface area contributed by atoms with E-state index < -0.39 is 164 Å². The molecule has 1 saturated heterocycles. The van der Waals surface area contributed by atoms with Crippen LogP contribution in [0, 0.1) is 5.92 Å². The number of rotatable bonds is 16. The zero-order chi connectivity index (χ0) is 48.3. The number of amides is 12. The first kappa shape index (κ1) is 52.8. The highest BCUT2D eigenvalue weighted by molar-refractivity contribution is 5.99. The summed E-state index contributed by atoms with van der Waals surface area (Å²) in [7, 11) is 0. The zero-order valence-electron chi connectivity index (χ0n) is 35.9. The Morgan fingerprint density at radius 3 is 1.89 bits per heavy atom. The Labute approximate surface area is 367 Å². The molecule has 1 aromatic rings. The first-order valence-electron chi connectivity index (χ1n) is 20.3. The lowest BCUT2D eigenvalue weighted by molar-refractivity contribution is -0.137. The van der Waals surface area contributed by atoms with Gasteiger partial charge in [-0.25, -0.2) is 0 Å². The molecule has 16 N–H and O–H groups in total. The molecule has 1 aliphatic heterocycles. The van der Waals surface area contributed by atoms with Crippen LogP contribution in [0.2, 0.25) is 0 Å². The Morgan fingerprint density at radius 2 is 1.30 bits per heavy atom. The van der Waals surface area contributed by atoms with Crippen molar-refractivity contribution in [3.8, 4) is 5.75 Å². The second-order valence-electron chi connectivity index (χ2n) is 15.2. The summed E-state index contributed by atoms with van der Waals surface area (Å²) in [6.07, 6.45) is -2.65. The fourth-order valence-electron chi connectivity index (χ4n) is 5.97. The van der Waals surface area contributed by atoms with Crippen molar-refractivity contribution in [1.82, 2.24) is 47.9 Å². The van der Waals surface area contributed by atoms with E-state index in [1.165, 1.54) is 38.1 Å². The van der Waals surface area contributed by atoms with Crippen molar-refractivity contribution in [2.75, 3.05) is 13.1 Å². The van der Waals surface area contributed by atoms with Crippen LogP contribution in [0.1, 0.15) is 71.8 Å². The minimum absolute atomic E-state index is 0.0740. The van der Waals surface area contributed by atoms with Crippen LogP contribution in [-0.2, 0) is 64.0 Å². The van der Waals surface area contributed by atoms with Crippen LogP contribution >= 0.6 is 0 Å². The lowest BCUT2D eigenvalue weighted by Gasteiger charge is -2.29. The van der Waals surface area contributed by atoms with Crippen molar-refractivity contribution in [3.63, 3.8) is 0 Å². The molecule has 25 nitrogen and oxygen atoms in total. The lowest BCUT2D eigenvalue weighted by Crippen LogP contribution is -2.61. The number of phenols is 1. The van der Waals surface area contributed by atoms with E-state index in [0.717, 1.165) is 0 Å². The highest BCUT2D eigenvalue weighted by Crippen LogP contribution is 2.14. The molecule has 0 aromatic heterocycles. The quantitative estimate of drug-likeness (QED) is 0.0736. The van der Waals surface area contributed by atoms with Gasteiger partial charge in [-0.1, -0.05) is 32.4 Å². The molecule has 8 atom stereocenters. The number of aromatic hydroxyl groups is 1. The van der Waals surface area contributed by atoms with E-state index in [0.29, 0.717) is 12.0 Å². The molecule has 0 unspecified atom stereocenters. The Balaban J connectivity index is 2.56. The maximum Gasteiger partial charge on any atom is 0.243 e. The molecule has 1 fully saturated rings. The van der Waals surface area contributed by atoms with Crippen molar-refractivity contribution in [2.45, 2.75) is 115 Å². The number of nitrogens with two attached hydrogens (primary N) is 3. The Morgan fingerprint density at radius 1 is 0.703 bits per heavy atom. The van der Waals surface area contributed by atoms with E-state index in [-0.39, 0.29) is 12.2 Å². The van der Waals surface area contributed by atoms with Crippen LogP contribution in [0.3, 0.4) is 0 Å². The fourth-order valence-corrected chi connectivity index (χ4v) is 5.97. The minimum Gasteiger partial charge on any atom is -0.508 e. The molecule has 0 spiro atoms. The lowest BCUT2D eigenvalue weighted by atomic mass is 9.96. The number of hydrogen-bond acceptors (Lipinski definition) is 13. The molecule has 64 heavy (non-hydrogen) atoms. The summed E-state index contributed by atoms with van der Waals surface area (Å²) in [4.78, 5) is 155. The summed E-state index contributed by atoms with van der Waals surface area (Å²) in [5, 5.41) is 31.2. The first-order chi connectivity index (χ1) is 30.0. The summed E-state index contributed by atoms with van der Waals surface area (Å²) in [6, 6.07) is -4.76. The van der Waals surface area contributed by atoms with E-state index in [2.05, 4.69) is 47.9 Å². The zero-order valence-corrected chi connectivity index (χ0v) is 35.9. The smallest absolute Gasteiger partial charge is 0.243 e. The number of carbonyl (C=O) groups excluding carboxylic acids is 12. The maximum atomic E-state index is 13.9. The van der Waals surface area contributed by atoms with Crippen molar-refractivity contribution in [1.29, 1.82) is 0 Å². The van der Waals surface area contributed by atoms with E-state index >= 15 is 0 Å². The van der Waals surface area contributed by atoms with Gasteiger partial charge in [-0.05, 0) is 50.3 Å². The molecule has 2 rings (SSSR count). The largest absolute Gasteiger partial charge is 0.508 e. The van der Waals surface area contributed by atoms with Crippen LogP contribution in [0.15, 0.2) is 24.3 Å². The van der Waals surface area contributed by atoms with Gasteiger partial charge in [-0.15, -0.1) is 0 Å². The topological polar surface area (TPSA) is 411 Å². The van der Waals surface area contributed by atoms with Crippen LogP contribution in [0.4, 0.5) is 0 Å². The summed E-state index contributed by atoms with van der Waals surface area (Å²) in [5.74, 6) is -12.0. The van der Waals surface area contributed by atoms with Gasteiger partial charge in [-0.3, -0.25) is 57.5 Å². The molecular weight excluding hydrogens is 844 g/mol. The summed E-state index contributed by atoms with van der Waals surface area (Å²) >= 11 is 0. The van der Waals surface area contributed by atoms with Crippen LogP contribution in [0.25, 0.3) is 0 Å². The number of primary amides is 3. The molecule has 0 radical (unpaired) electrons. The maximum absolute atomic E-state index is 13.9. The Hall–Kier alpha value is -7.34. The van der Waals surface area contributed by atoms with Gasteiger partial charge in [0.25, 0.3) is 0 Å². The Kier molecular flexibility index (Phi) is 21.1. The van der Waals surface area contributed by atoms with Crippen LogP contribution in [-0.4, -0.2) is 131 Å². The molecule has 0 bridgehead atoms. The van der Waals surface area contributed by atoms with Gasteiger partial charge in [0.1, 0.15) is 48.0 Å². The van der Waals surface area contributed by atoms with Crippen molar-refractivity contribution in [3.05, 3.63) is 29.8 Å². The molecule has 12 amide bonds. The van der Waals surface area contributed by atoms with Crippen molar-refractivity contribution in [2.24, 2.45) is 23.1 Å². The van der Waals surface area contributed by atoms with Gasteiger partial charge < -0.3 is 70.2 Å². The summed E-state index contributed by atoms with van der Waals surface area (Å²) < 4.78 is 0. The third kappa shape index (κ3) is 18.3. The van der Waals surface area contributed by atoms with Crippen LogP contribution < -0.4 is 65.1 Å². The number of phenolic OH excluding ortho intramolecular Hbond substituents is 1. The molecule has 1 aromatic carbocycles. The van der Waals surface area contributed by atoms with E-state index in [9.17, 15) is 62.6 Å². The average Bonchev–Trinajstić information content (AvgIpc) is 3.22. The normalized spacial score (nSPS) is 21.9. The van der Waals surface area contributed by atoms with Gasteiger partial charge in [0.15, 0.2) is 0 Å². The minimum atomic E-state index is -1.83. The standard InChI is InChI=1S/C39H58N12O13/c1-5-18(2)32-39(64)49-23(10-12-27(40)53)36(61)50-26(15-28(41)54)37(62)48-24(35(60)46-20(4)34(59)45-19(3)33(58)44-16-29(42)55)11-13-30(56)43-17-31(57)47-25(38(63)51-32)14-21-6-8-22(52)9-7-21/h6-9,18-20,23-26,32,52H,5,10-17H2,1-4H3,(H2,40,53)(H2,41,54)(H2,42,55)(H,43,56)(H,44,58)(H,45,59)(H,46,60)(H,47,57)(H,48,62)(H,49,64)(H,50,61)(H,51,63)/t18-,19-,20-,23-,24-,25-,26-,32-/m0/s1. The summed E-state index contributed by atoms with van der Waals surface area (Å²) in [6.45, 7) is 4.63. The second-order valence-corrected chi connectivity index (χ2v) is 15.2. The van der Waals surface area contributed by atoms with Crippen molar-refractivity contribution < 1.29 is 62.6 Å². The number of benzene rings is 1. The SMILES string of the molecule is CC[C@H](C)[C@@H]1NC(=O)[C@H](Cc2ccc(O)cc2)NC(=O)CNC(=O)CC[C@@H](C(=O)N[C@@H](C)C(=O)N[C@@H](C)C(=O)NCC(N)=O)NC(=O)[C@H](CC(N)=O)NC(=O)[C@H](CCC(N)=O)NC1=O.